The van der Waals surface area contributed by atoms with Crippen LogP contribution in [-0.4, -0.2) is 21.2 Å². The van der Waals surface area contributed by atoms with Gasteiger partial charge in [-0.05, 0) is 60.7 Å². The molecule has 2 aromatic heterocycles. The predicted molar refractivity (Wildman–Crippen MR) is 124 cm³/mol. The lowest BCUT2D eigenvalue weighted by atomic mass is 10.1. The molecule has 4 rings (SSSR count). The maximum absolute atomic E-state index is 13.3. The summed E-state index contributed by atoms with van der Waals surface area (Å²) in [6, 6.07) is 17.1. The molecule has 0 spiro atoms. The summed E-state index contributed by atoms with van der Waals surface area (Å²) >= 11 is 2.88. The Labute approximate surface area is 182 Å². The van der Waals surface area contributed by atoms with E-state index in [0.29, 0.717) is 22.6 Å². The Morgan fingerprint density at radius 1 is 1.10 bits per heavy atom. The summed E-state index contributed by atoms with van der Waals surface area (Å²) in [7, 11) is 0. The van der Waals surface area contributed by atoms with E-state index in [1.165, 1.54) is 11.8 Å². The van der Waals surface area contributed by atoms with E-state index in [2.05, 4.69) is 5.32 Å². The Kier molecular flexibility index (Phi) is 6.01. The van der Waals surface area contributed by atoms with Gasteiger partial charge in [0.05, 0.1) is 28.9 Å². The summed E-state index contributed by atoms with van der Waals surface area (Å²) in [6.07, 6.45) is 0. The van der Waals surface area contributed by atoms with Crippen molar-refractivity contribution >= 4 is 39.9 Å². The van der Waals surface area contributed by atoms with Crippen molar-refractivity contribution in [3.8, 4) is 5.69 Å². The minimum absolute atomic E-state index is 0.0950. The van der Waals surface area contributed by atoms with Crippen molar-refractivity contribution in [1.82, 2.24) is 14.9 Å². The minimum Gasteiger partial charge on any atom is -0.350 e. The number of hydrogen-bond donors (Lipinski definition) is 1. The van der Waals surface area contributed by atoms with E-state index in [1.807, 2.05) is 67.8 Å². The molecule has 0 bridgehead atoms. The number of nitrogens with one attached hydrogen (secondary N) is 1. The third-order valence-corrected chi connectivity index (χ3v) is 6.68. The molecule has 0 saturated heterocycles. The Balaban J connectivity index is 1.66. The lowest BCUT2D eigenvalue weighted by Crippen LogP contribution is -2.26. The zero-order valence-corrected chi connectivity index (χ0v) is 18.3. The van der Waals surface area contributed by atoms with Crippen molar-refractivity contribution in [3.63, 3.8) is 0 Å². The number of thiophene rings is 1. The number of thioether (sulfide) groups is 1. The van der Waals surface area contributed by atoms with Crippen molar-refractivity contribution < 1.29 is 4.79 Å². The van der Waals surface area contributed by atoms with Gasteiger partial charge in [-0.2, -0.15) is 0 Å². The summed E-state index contributed by atoms with van der Waals surface area (Å²) in [5.74, 6) is 0.0866. The Morgan fingerprint density at radius 2 is 1.93 bits per heavy atom. The number of rotatable bonds is 6. The fraction of sp³-hybridized carbons (Fsp3) is 0.174. The molecule has 152 valence electrons. The first kappa shape index (κ1) is 20.4. The summed E-state index contributed by atoms with van der Waals surface area (Å²) < 4.78 is 1.60. The molecule has 1 N–H and O–H groups in total. The second kappa shape index (κ2) is 8.85. The van der Waals surface area contributed by atoms with Gasteiger partial charge in [0, 0.05) is 4.88 Å². The van der Waals surface area contributed by atoms with Crippen molar-refractivity contribution in [2.24, 2.45) is 0 Å². The van der Waals surface area contributed by atoms with E-state index in [4.69, 9.17) is 4.98 Å². The molecule has 2 heterocycles. The third-order valence-electron chi connectivity index (χ3n) is 4.87. The molecule has 5 nitrogen and oxygen atoms in total. The number of amides is 1. The van der Waals surface area contributed by atoms with E-state index >= 15 is 0 Å². The standard InChI is InChI=1S/C23H21N3O2S2/c1-15-9-10-17(12-16(15)2)26-22(28)19-7-3-4-8-20(19)25-23(26)30-14-21(27)24-13-18-6-5-11-29-18/h3-12H,13-14H2,1-2H3,(H,24,27). The lowest BCUT2D eigenvalue weighted by molar-refractivity contribution is -0.118. The number of aromatic nitrogens is 2. The first-order chi connectivity index (χ1) is 14.5. The summed E-state index contributed by atoms with van der Waals surface area (Å²) in [4.78, 5) is 31.4. The highest BCUT2D eigenvalue weighted by molar-refractivity contribution is 7.99. The highest BCUT2D eigenvalue weighted by Gasteiger charge is 2.15. The van der Waals surface area contributed by atoms with Gasteiger partial charge >= 0.3 is 0 Å². The topological polar surface area (TPSA) is 64.0 Å². The van der Waals surface area contributed by atoms with Crippen LogP contribution < -0.4 is 10.9 Å². The third kappa shape index (κ3) is 4.32. The quantitative estimate of drug-likeness (QED) is 0.358. The molecule has 0 aliphatic rings. The molecule has 30 heavy (non-hydrogen) atoms. The number of carbonyl (C=O) groups excluding carboxylic acids is 1. The minimum atomic E-state index is -0.134. The molecule has 0 unspecified atom stereocenters. The van der Waals surface area contributed by atoms with Gasteiger partial charge in [0.2, 0.25) is 5.91 Å². The molecule has 0 saturated carbocycles. The maximum atomic E-state index is 13.3. The summed E-state index contributed by atoms with van der Waals surface area (Å²) in [5, 5.41) is 5.97. The first-order valence-electron chi connectivity index (χ1n) is 9.54. The summed E-state index contributed by atoms with van der Waals surface area (Å²) in [5.41, 5.74) is 3.50. The van der Waals surface area contributed by atoms with Crippen LogP contribution in [0.1, 0.15) is 16.0 Å². The van der Waals surface area contributed by atoms with Crippen LogP contribution in [-0.2, 0) is 11.3 Å². The highest BCUT2D eigenvalue weighted by Crippen LogP contribution is 2.22. The first-order valence-corrected chi connectivity index (χ1v) is 11.4. The van der Waals surface area contributed by atoms with E-state index in [9.17, 15) is 9.59 Å². The molecule has 0 radical (unpaired) electrons. The monoisotopic (exact) mass is 435 g/mol. The average molecular weight is 436 g/mol. The maximum Gasteiger partial charge on any atom is 0.266 e. The number of carbonyl (C=O) groups is 1. The SMILES string of the molecule is Cc1ccc(-n2c(SCC(=O)NCc3cccs3)nc3ccccc3c2=O)cc1C. The van der Waals surface area contributed by atoms with Gasteiger partial charge in [0.25, 0.3) is 5.56 Å². The van der Waals surface area contributed by atoms with Crippen molar-refractivity contribution in [2.45, 2.75) is 25.5 Å². The van der Waals surface area contributed by atoms with Gasteiger partial charge in [-0.1, -0.05) is 36.0 Å². The van der Waals surface area contributed by atoms with Crippen LogP contribution in [0.2, 0.25) is 0 Å². The fourth-order valence-corrected chi connectivity index (χ4v) is 4.57. The number of fused-ring (bicyclic) bond motifs is 1. The molecule has 0 atom stereocenters. The van der Waals surface area contributed by atoms with Gasteiger partial charge in [-0.15, -0.1) is 11.3 Å². The molecular weight excluding hydrogens is 414 g/mol. The van der Waals surface area contributed by atoms with Crippen LogP contribution in [0.15, 0.2) is 69.9 Å². The van der Waals surface area contributed by atoms with Crippen LogP contribution in [0.3, 0.4) is 0 Å². The van der Waals surface area contributed by atoms with Crippen LogP contribution in [0.4, 0.5) is 0 Å². The number of benzene rings is 2. The molecule has 0 aliphatic heterocycles. The van der Waals surface area contributed by atoms with Gasteiger partial charge in [-0.3, -0.25) is 14.2 Å². The van der Waals surface area contributed by atoms with Crippen LogP contribution in [0.5, 0.6) is 0 Å². The number of hydrogen-bond acceptors (Lipinski definition) is 5. The van der Waals surface area contributed by atoms with E-state index < -0.39 is 0 Å². The second-order valence-electron chi connectivity index (χ2n) is 6.97. The van der Waals surface area contributed by atoms with Crippen molar-refractivity contribution in [1.29, 1.82) is 0 Å². The zero-order valence-electron chi connectivity index (χ0n) is 16.7. The van der Waals surface area contributed by atoms with Gasteiger partial charge in [0.1, 0.15) is 0 Å². The molecular formula is C23H21N3O2S2. The molecule has 7 heteroatoms. The van der Waals surface area contributed by atoms with Crippen LogP contribution in [0, 0.1) is 13.8 Å². The van der Waals surface area contributed by atoms with Crippen molar-refractivity contribution in [3.05, 3.63) is 86.3 Å². The smallest absolute Gasteiger partial charge is 0.266 e. The predicted octanol–water partition coefficient (Wildman–Crippen LogP) is 4.47. The molecule has 0 aliphatic carbocycles. The number of nitrogens with zero attached hydrogens (tertiary/aromatic N) is 2. The highest BCUT2D eigenvalue weighted by atomic mass is 32.2. The Hall–Kier alpha value is -2.90. The zero-order chi connectivity index (χ0) is 21.1. The van der Waals surface area contributed by atoms with E-state index in [1.54, 1.807) is 22.0 Å². The van der Waals surface area contributed by atoms with Gasteiger partial charge in [0.15, 0.2) is 5.16 Å². The normalized spacial score (nSPS) is 11.0. The van der Waals surface area contributed by atoms with E-state index in [0.717, 1.165) is 21.7 Å². The molecule has 1 amide bonds. The molecule has 4 aromatic rings. The van der Waals surface area contributed by atoms with Gasteiger partial charge in [-0.25, -0.2) is 4.98 Å². The largest absolute Gasteiger partial charge is 0.350 e. The molecule has 0 fully saturated rings. The number of para-hydroxylation sites is 1. The Morgan fingerprint density at radius 3 is 2.70 bits per heavy atom. The summed E-state index contributed by atoms with van der Waals surface area (Å²) in [6.45, 7) is 4.56. The van der Waals surface area contributed by atoms with Crippen LogP contribution >= 0.6 is 23.1 Å². The van der Waals surface area contributed by atoms with Crippen LogP contribution in [0.25, 0.3) is 16.6 Å². The lowest BCUT2D eigenvalue weighted by Gasteiger charge is -2.14. The Bertz CT molecular complexity index is 1260. The van der Waals surface area contributed by atoms with E-state index in [-0.39, 0.29) is 17.2 Å². The van der Waals surface area contributed by atoms with Crippen molar-refractivity contribution in [2.75, 3.05) is 5.75 Å². The fourth-order valence-electron chi connectivity index (χ4n) is 3.08. The average Bonchev–Trinajstić information content (AvgIpc) is 3.27. The molecule has 2 aromatic carbocycles. The second-order valence-corrected chi connectivity index (χ2v) is 8.94. The van der Waals surface area contributed by atoms with Gasteiger partial charge < -0.3 is 5.32 Å². The number of aryl methyl sites for hydroxylation is 2.